The summed E-state index contributed by atoms with van der Waals surface area (Å²) >= 11 is 7.44. The van der Waals surface area contributed by atoms with Crippen molar-refractivity contribution in [2.45, 2.75) is 38.0 Å². The van der Waals surface area contributed by atoms with Crippen molar-refractivity contribution in [1.29, 1.82) is 0 Å². The lowest BCUT2D eigenvalue weighted by Gasteiger charge is -2.26. The number of hydrogen-bond acceptors (Lipinski definition) is 5. The number of piperidine rings is 1. The average Bonchev–Trinajstić information content (AvgIpc) is 3.30. The molecule has 0 aliphatic carbocycles. The van der Waals surface area contributed by atoms with Gasteiger partial charge < -0.3 is 9.47 Å². The van der Waals surface area contributed by atoms with Crippen LogP contribution >= 0.6 is 22.9 Å². The van der Waals surface area contributed by atoms with E-state index in [9.17, 15) is 13.2 Å². The van der Waals surface area contributed by atoms with Gasteiger partial charge in [-0.3, -0.25) is 9.52 Å². The van der Waals surface area contributed by atoms with Crippen LogP contribution in [0.2, 0.25) is 5.02 Å². The zero-order valence-corrected chi connectivity index (χ0v) is 20.6. The summed E-state index contributed by atoms with van der Waals surface area (Å²) in [6.07, 6.45) is 3.19. The summed E-state index contributed by atoms with van der Waals surface area (Å²) in [4.78, 5) is 20.2. The third kappa shape index (κ3) is 4.29. The van der Waals surface area contributed by atoms with Crippen LogP contribution in [-0.4, -0.2) is 41.9 Å². The molecule has 32 heavy (non-hydrogen) atoms. The molecular weight excluding hydrogens is 468 g/mol. The number of para-hydroxylation sites is 1. The van der Waals surface area contributed by atoms with E-state index in [4.69, 9.17) is 11.6 Å². The van der Waals surface area contributed by atoms with Gasteiger partial charge in [0.05, 0.1) is 22.1 Å². The number of rotatable bonds is 5. The van der Waals surface area contributed by atoms with Gasteiger partial charge in [0.1, 0.15) is 14.8 Å². The zero-order chi connectivity index (χ0) is 23.0. The summed E-state index contributed by atoms with van der Waals surface area (Å²) in [5.41, 5.74) is 2.20. The Morgan fingerprint density at radius 3 is 2.53 bits per heavy atom. The Bertz CT molecular complexity index is 1270. The van der Waals surface area contributed by atoms with Crippen LogP contribution in [0.5, 0.6) is 0 Å². The average molecular weight is 493 g/mol. The normalized spacial score (nSPS) is 14.6. The van der Waals surface area contributed by atoms with Gasteiger partial charge in [-0.2, -0.15) is 0 Å². The third-order valence-corrected chi connectivity index (χ3v) is 8.73. The second-order valence-corrected chi connectivity index (χ2v) is 11.0. The van der Waals surface area contributed by atoms with Crippen LogP contribution in [0.1, 0.15) is 40.3 Å². The Kier molecular flexibility index (Phi) is 6.33. The third-order valence-electron chi connectivity index (χ3n) is 5.75. The van der Waals surface area contributed by atoms with Gasteiger partial charge in [-0.1, -0.05) is 23.7 Å². The molecule has 1 N–H and O–H groups in total. The van der Waals surface area contributed by atoms with Gasteiger partial charge in [-0.15, -0.1) is 11.3 Å². The van der Waals surface area contributed by atoms with E-state index in [0.29, 0.717) is 37.7 Å². The molecule has 0 unspecified atom stereocenters. The minimum Gasteiger partial charge on any atom is -0.345 e. The first-order chi connectivity index (χ1) is 15.2. The summed E-state index contributed by atoms with van der Waals surface area (Å²) in [5.74, 6) is 0.00473. The molecule has 1 aliphatic heterocycles. The number of hydrogen-bond donors (Lipinski definition) is 1. The molecule has 1 amide bonds. The van der Waals surface area contributed by atoms with Crippen LogP contribution in [0.3, 0.4) is 0 Å². The minimum atomic E-state index is -3.87. The van der Waals surface area contributed by atoms with Crippen molar-refractivity contribution in [1.82, 2.24) is 14.5 Å². The van der Waals surface area contributed by atoms with Gasteiger partial charge in [0.15, 0.2) is 0 Å². The molecule has 3 heterocycles. The molecule has 7 nitrogen and oxygen atoms in total. The van der Waals surface area contributed by atoms with Crippen molar-refractivity contribution >= 4 is 44.6 Å². The number of aryl methyl sites for hydroxylation is 1. The van der Waals surface area contributed by atoms with Crippen LogP contribution in [-0.2, 0) is 17.1 Å². The van der Waals surface area contributed by atoms with Crippen LogP contribution in [0.15, 0.2) is 35.2 Å². The molecule has 1 aliphatic rings. The Hall–Kier alpha value is -2.36. The largest absolute Gasteiger partial charge is 0.345 e. The van der Waals surface area contributed by atoms with Gasteiger partial charge in [0, 0.05) is 25.8 Å². The van der Waals surface area contributed by atoms with Crippen molar-refractivity contribution in [2.24, 2.45) is 7.05 Å². The number of aromatic nitrogens is 2. The summed E-state index contributed by atoms with van der Waals surface area (Å²) in [6.45, 7) is 5.10. The SMILES string of the molecule is Cc1nc(-c2cc(S(=O)(=O)Nc3ccccc3Cl)c(C)n2C)sc1C(=O)N1CCCCC1. The smallest absolute Gasteiger partial charge is 0.265 e. The van der Waals surface area contributed by atoms with Gasteiger partial charge >= 0.3 is 0 Å². The molecule has 1 aromatic carbocycles. The Morgan fingerprint density at radius 1 is 1.16 bits per heavy atom. The maximum atomic E-state index is 13.1. The summed E-state index contributed by atoms with van der Waals surface area (Å²) < 4.78 is 30.5. The van der Waals surface area contributed by atoms with E-state index in [1.165, 1.54) is 11.3 Å². The van der Waals surface area contributed by atoms with Crippen molar-refractivity contribution in [3.63, 3.8) is 0 Å². The topological polar surface area (TPSA) is 84.3 Å². The fourth-order valence-corrected chi connectivity index (χ4v) is 6.53. The molecule has 0 spiro atoms. The monoisotopic (exact) mass is 492 g/mol. The maximum absolute atomic E-state index is 13.1. The molecule has 4 rings (SSSR count). The van der Waals surface area contributed by atoms with Crippen LogP contribution in [0, 0.1) is 13.8 Å². The second kappa shape index (κ2) is 8.88. The van der Waals surface area contributed by atoms with Gasteiger partial charge in [-0.05, 0) is 51.3 Å². The number of carbonyl (C=O) groups excluding carboxylic acids is 1. The fourth-order valence-electron chi connectivity index (χ4n) is 3.84. The number of nitrogens with zero attached hydrogens (tertiary/aromatic N) is 3. The number of amides is 1. The van der Waals surface area contributed by atoms with Crippen LogP contribution < -0.4 is 4.72 Å². The summed E-state index contributed by atoms with van der Waals surface area (Å²) in [5, 5.41) is 0.939. The predicted molar refractivity (Wildman–Crippen MR) is 128 cm³/mol. The van der Waals surface area contributed by atoms with Crippen LogP contribution in [0.25, 0.3) is 10.7 Å². The Morgan fingerprint density at radius 2 is 1.84 bits per heavy atom. The van der Waals surface area contributed by atoms with E-state index < -0.39 is 10.0 Å². The number of sulfonamides is 1. The quantitative estimate of drug-likeness (QED) is 0.552. The van der Waals surface area contributed by atoms with E-state index in [-0.39, 0.29) is 10.8 Å². The van der Waals surface area contributed by atoms with E-state index in [1.807, 2.05) is 11.8 Å². The first kappa shape index (κ1) is 22.8. The number of likely N-dealkylation sites (tertiary alicyclic amines) is 1. The number of nitrogens with one attached hydrogen (secondary N) is 1. The highest BCUT2D eigenvalue weighted by Gasteiger charge is 2.27. The predicted octanol–water partition coefficient (Wildman–Crippen LogP) is 4.85. The van der Waals surface area contributed by atoms with Crippen molar-refractivity contribution in [3.8, 4) is 10.7 Å². The highest BCUT2D eigenvalue weighted by atomic mass is 35.5. The maximum Gasteiger partial charge on any atom is 0.265 e. The number of anilines is 1. The van der Waals surface area contributed by atoms with Crippen molar-refractivity contribution < 1.29 is 13.2 Å². The van der Waals surface area contributed by atoms with Gasteiger partial charge in [-0.25, -0.2) is 13.4 Å². The summed E-state index contributed by atoms with van der Waals surface area (Å²) in [7, 11) is -2.07. The molecule has 10 heteroatoms. The van der Waals surface area contributed by atoms with Gasteiger partial charge in [0.25, 0.3) is 15.9 Å². The van der Waals surface area contributed by atoms with Crippen LogP contribution in [0.4, 0.5) is 5.69 Å². The summed E-state index contributed by atoms with van der Waals surface area (Å²) in [6, 6.07) is 8.29. The molecule has 0 saturated carbocycles. The molecule has 170 valence electrons. The number of halogens is 1. The molecule has 0 atom stereocenters. The first-order valence-corrected chi connectivity index (χ1v) is 13.1. The molecule has 1 fully saturated rings. The number of thiazole rings is 1. The molecule has 3 aromatic rings. The van der Waals surface area contributed by atoms with Crippen molar-refractivity contribution in [2.75, 3.05) is 17.8 Å². The molecule has 2 aromatic heterocycles. The molecule has 0 radical (unpaired) electrons. The molecular formula is C22H25ClN4O3S2. The lowest BCUT2D eigenvalue weighted by Crippen LogP contribution is -2.35. The van der Waals surface area contributed by atoms with Gasteiger partial charge in [0.2, 0.25) is 0 Å². The highest BCUT2D eigenvalue weighted by Crippen LogP contribution is 2.34. The first-order valence-electron chi connectivity index (χ1n) is 10.4. The number of benzene rings is 1. The highest BCUT2D eigenvalue weighted by molar-refractivity contribution is 7.92. The van der Waals surface area contributed by atoms with E-state index >= 15 is 0 Å². The van der Waals surface area contributed by atoms with E-state index in [2.05, 4.69) is 9.71 Å². The minimum absolute atomic E-state index is 0.00473. The zero-order valence-electron chi connectivity index (χ0n) is 18.2. The Labute approximate surface area is 197 Å². The standard InChI is InChI=1S/C22H25ClN4O3S2/c1-14-20(22(28)27-11-7-4-8-12-27)31-21(24-14)18-13-19(15(2)26(18)3)32(29,30)25-17-10-6-5-9-16(17)23/h5-6,9-10,13,25H,4,7-8,11-12H2,1-3H3. The molecule has 0 bridgehead atoms. The fraction of sp³-hybridized carbons (Fsp3) is 0.364. The lowest BCUT2D eigenvalue weighted by molar-refractivity contribution is 0.0728. The Balaban J connectivity index is 1.67. The second-order valence-electron chi connectivity index (χ2n) is 7.91. The van der Waals surface area contributed by atoms with E-state index in [0.717, 1.165) is 32.4 Å². The van der Waals surface area contributed by atoms with E-state index in [1.54, 1.807) is 48.9 Å². The molecule has 1 saturated heterocycles. The van der Waals surface area contributed by atoms with Crippen molar-refractivity contribution in [3.05, 3.63) is 51.6 Å². The lowest BCUT2D eigenvalue weighted by atomic mass is 10.1. The number of carbonyl (C=O) groups is 1.